The van der Waals surface area contributed by atoms with E-state index in [4.69, 9.17) is 4.18 Å². The lowest BCUT2D eigenvalue weighted by Crippen LogP contribution is -2.33. The van der Waals surface area contributed by atoms with Crippen LogP contribution in [0, 0.1) is 0 Å². The Balaban J connectivity index is 2.66. The van der Waals surface area contributed by atoms with Gasteiger partial charge in [-0.2, -0.15) is 8.42 Å². The fraction of sp³-hybridized carbons (Fsp3) is 0.294. The van der Waals surface area contributed by atoms with Crippen LogP contribution in [0.25, 0.3) is 0 Å². The van der Waals surface area contributed by atoms with Crippen LogP contribution < -0.4 is 0 Å². The molecular formula is C17H20O3S. The van der Waals surface area contributed by atoms with Gasteiger partial charge in [0.15, 0.2) is 0 Å². The normalized spacial score (nSPS) is 12.3. The molecule has 0 aromatic heterocycles. The van der Waals surface area contributed by atoms with Crippen molar-refractivity contribution in [2.75, 3.05) is 6.26 Å². The molecule has 0 fully saturated rings. The first-order chi connectivity index (χ1) is 9.98. The Morgan fingerprint density at radius 2 is 1.33 bits per heavy atom. The first-order valence-electron chi connectivity index (χ1n) is 6.99. The quantitative estimate of drug-likeness (QED) is 0.764. The van der Waals surface area contributed by atoms with Crippen molar-refractivity contribution in [3.63, 3.8) is 0 Å². The second-order valence-corrected chi connectivity index (χ2v) is 6.67. The molecule has 0 unspecified atom stereocenters. The highest BCUT2D eigenvalue weighted by Gasteiger charge is 2.38. The maximum absolute atomic E-state index is 11.8. The van der Waals surface area contributed by atoms with Crippen LogP contribution in [0.5, 0.6) is 0 Å². The average molecular weight is 304 g/mol. The lowest BCUT2D eigenvalue weighted by molar-refractivity contribution is 0.109. The molecular weight excluding hydrogens is 284 g/mol. The van der Waals surface area contributed by atoms with Crippen molar-refractivity contribution in [1.29, 1.82) is 0 Å². The van der Waals surface area contributed by atoms with Crippen molar-refractivity contribution in [2.45, 2.75) is 25.4 Å². The van der Waals surface area contributed by atoms with Crippen LogP contribution in [0.15, 0.2) is 60.7 Å². The summed E-state index contributed by atoms with van der Waals surface area (Å²) in [6.45, 7) is 2.02. The fourth-order valence-electron chi connectivity index (χ4n) is 2.62. The van der Waals surface area contributed by atoms with Gasteiger partial charge in [0.2, 0.25) is 0 Å². The van der Waals surface area contributed by atoms with Gasteiger partial charge in [0, 0.05) is 0 Å². The summed E-state index contributed by atoms with van der Waals surface area (Å²) in [5, 5.41) is 0. The van der Waals surface area contributed by atoms with Gasteiger partial charge in [0.1, 0.15) is 5.60 Å². The molecule has 3 nitrogen and oxygen atoms in total. The Kier molecular flexibility index (Phi) is 4.80. The molecule has 0 aliphatic rings. The largest absolute Gasteiger partial charge is 0.265 e. The average Bonchev–Trinajstić information content (AvgIpc) is 2.47. The minimum atomic E-state index is -3.60. The van der Waals surface area contributed by atoms with Crippen LogP contribution in [-0.4, -0.2) is 14.7 Å². The second-order valence-electron chi connectivity index (χ2n) is 5.10. The molecule has 0 atom stereocenters. The molecule has 4 heteroatoms. The highest BCUT2D eigenvalue weighted by molar-refractivity contribution is 7.86. The number of rotatable bonds is 6. The first-order valence-corrected chi connectivity index (χ1v) is 8.81. The fourth-order valence-corrected chi connectivity index (χ4v) is 3.41. The second kappa shape index (κ2) is 6.41. The first kappa shape index (κ1) is 15.7. The molecule has 0 N–H and O–H groups in total. The molecule has 112 valence electrons. The van der Waals surface area contributed by atoms with Crippen LogP contribution in [0.3, 0.4) is 0 Å². The van der Waals surface area contributed by atoms with Crippen molar-refractivity contribution in [3.05, 3.63) is 71.8 Å². The van der Waals surface area contributed by atoms with Crippen LogP contribution in [0.1, 0.15) is 30.9 Å². The molecule has 2 aromatic rings. The molecule has 0 radical (unpaired) electrons. The summed E-state index contributed by atoms with van der Waals surface area (Å²) in [5.41, 5.74) is 0.733. The third-order valence-corrected chi connectivity index (χ3v) is 3.96. The van der Waals surface area contributed by atoms with Crippen LogP contribution in [-0.2, 0) is 19.9 Å². The van der Waals surface area contributed by atoms with E-state index in [-0.39, 0.29) is 0 Å². The molecule has 0 saturated heterocycles. The summed E-state index contributed by atoms with van der Waals surface area (Å²) in [6, 6.07) is 19.0. The highest BCUT2D eigenvalue weighted by Crippen LogP contribution is 2.39. The van der Waals surface area contributed by atoms with Crippen molar-refractivity contribution >= 4 is 10.1 Å². The Morgan fingerprint density at radius 1 is 0.905 bits per heavy atom. The Labute approximate surface area is 126 Å². The lowest BCUT2D eigenvalue weighted by atomic mass is 9.83. The van der Waals surface area contributed by atoms with Gasteiger partial charge in [-0.1, -0.05) is 74.0 Å². The van der Waals surface area contributed by atoms with Crippen molar-refractivity contribution in [2.24, 2.45) is 0 Å². The standard InChI is InChI=1S/C17H20O3S/c1-3-14-17(20-21(2,18)19,15-10-6-4-7-11-15)16-12-8-5-9-13-16/h4-13H,3,14H2,1-2H3. The van der Waals surface area contributed by atoms with Crippen LogP contribution >= 0.6 is 0 Å². The molecule has 2 aromatic carbocycles. The van der Waals surface area contributed by atoms with E-state index in [0.717, 1.165) is 23.8 Å². The van der Waals surface area contributed by atoms with Gasteiger partial charge in [0.25, 0.3) is 10.1 Å². The number of benzene rings is 2. The Bertz CT molecular complexity index is 624. The predicted octanol–water partition coefficient (Wildman–Crippen LogP) is 3.71. The SMILES string of the molecule is CCCC(OS(C)(=O)=O)(c1ccccc1)c1ccccc1. The maximum atomic E-state index is 11.8. The predicted molar refractivity (Wildman–Crippen MR) is 84.5 cm³/mol. The van der Waals surface area contributed by atoms with E-state index in [9.17, 15) is 8.42 Å². The van der Waals surface area contributed by atoms with Gasteiger partial charge >= 0.3 is 0 Å². The van der Waals surface area contributed by atoms with Crippen molar-refractivity contribution in [3.8, 4) is 0 Å². The smallest absolute Gasteiger partial charge is 0.254 e. The van der Waals surface area contributed by atoms with E-state index in [0.29, 0.717) is 6.42 Å². The third kappa shape index (κ3) is 3.71. The number of hydrogen-bond acceptors (Lipinski definition) is 3. The monoisotopic (exact) mass is 304 g/mol. The van der Waals surface area contributed by atoms with E-state index in [1.165, 1.54) is 0 Å². The maximum Gasteiger partial charge on any atom is 0.265 e. The van der Waals surface area contributed by atoms with Gasteiger partial charge in [0.05, 0.1) is 6.26 Å². The third-order valence-electron chi connectivity index (χ3n) is 3.38. The minimum absolute atomic E-state index is 0.591. The molecule has 0 aliphatic carbocycles. The van der Waals surface area contributed by atoms with Crippen molar-refractivity contribution in [1.82, 2.24) is 0 Å². The molecule has 21 heavy (non-hydrogen) atoms. The summed E-state index contributed by atoms with van der Waals surface area (Å²) in [5.74, 6) is 0. The van der Waals surface area contributed by atoms with E-state index >= 15 is 0 Å². The summed E-state index contributed by atoms with van der Waals surface area (Å²) in [7, 11) is -3.60. The van der Waals surface area contributed by atoms with Gasteiger partial charge in [-0.15, -0.1) is 0 Å². The van der Waals surface area contributed by atoms with Crippen LogP contribution in [0.2, 0.25) is 0 Å². The van der Waals surface area contributed by atoms with Crippen LogP contribution in [0.4, 0.5) is 0 Å². The minimum Gasteiger partial charge on any atom is -0.254 e. The topological polar surface area (TPSA) is 43.4 Å². The van der Waals surface area contributed by atoms with Gasteiger partial charge in [-0.05, 0) is 17.5 Å². The summed E-state index contributed by atoms with van der Waals surface area (Å²) in [6.07, 6.45) is 2.50. The van der Waals surface area contributed by atoms with E-state index in [1.807, 2.05) is 67.6 Å². The highest BCUT2D eigenvalue weighted by atomic mass is 32.2. The van der Waals surface area contributed by atoms with E-state index < -0.39 is 15.7 Å². The molecule has 0 bridgehead atoms. The van der Waals surface area contributed by atoms with Crippen molar-refractivity contribution < 1.29 is 12.6 Å². The summed E-state index contributed by atoms with van der Waals surface area (Å²) < 4.78 is 29.3. The lowest BCUT2D eigenvalue weighted by Gasteiger charge is -2.33. The van der Waals surface area contributed by atoms with Gasteiger partial charge in [-0.3, -0.25) is 4.18 Å². The molecule has 0 amide bonds. The molecule has 0 spiro atoms. The Morgan fingerprint density at radius 3 is 1.67 bits per heavy atom. The van der Waals surface area contributed by atoms with E-state index in [2.05, 4.69) is 0 Å². The molecule has 0 aliphatic heterocycles. The van der Waals surface area contributed by atoms with E-state index in [1.54, 1.807) is 0 Å². The zero-order valence-electron chi connectivity index (χ0n) is 12.3. The zero-order chi connectivity index (χ0) is 15.3. The molecule has 0 heterocycles. The van der Waals surface area contributed by atoms with Gasteiger partial charge in [-0.25, -0.2) is 0 Å². The number of hydrogen-bond donors (Lipinski definition) is 0. The van der Waals surface area contributed by atoms with Gasteiger partial charge < -0.3 is 0 Å². The zero-order valence-corrected chi connectivity index (χ0v) is 13.1. The molecule has 0 saturated carbocycles. The summed E-state index contributed by atoms with van der Waals surface area (Å²) >= 11 is 0. The Hall–Kier alpha value is -1.65. The molecule has 2 rings (SSSR count). The summed E-state index contributed by atoms with van der Waals surface area (Å²) in [4.78, 5) is 0.